The molecule has 1 saturated carbocycles. The highest BCUT2D eigenvalue weighted by atomic mass is 79.9. The zero-order chi connectivity index (χ0) is 8.97. The molecular weight excluding hydrogens is 222 g/mol. The van der Waals surface area contributed by atoms with Crippen LogP contribution < -0.4 is 5.32 Å². The molecular formula is C8H14BrNO2. The summed E-state index contributed by atoms with van der Waals surface area (Å²) in [6, 6.07) is 0.179. The standard InChI is InChI=1S/C8H14BrNO2/c9-5-6-2-1-3-7(4-6)10-8(11)12/h6-7,10H,1-5H2,(H,11,12). The van der Waals surface area contributed by atoms with Gasteiger partial charge in [0.15, 0.2) is 0 Å². The Labute approximate surface area is 80.7 Å². The van der Waals surface area contributed by atoms with Crippen molar-refractivity contribution >= 4 is 22.0 Å². The Bertz CT molecular complexity index is 163. The zero-order valence-electron chi connectivity index (χ0n) is 6.92. The average molecular weight is 236 g/mol. The number of carboxylic acid groups (broad SMARTS) is 1. The first-order valence-electron chi connectivity index (χ1n) is 4.27. The highest BCUT2D eigenvalue weighted by Gasteiger charge is 2.21. The molecule has 0 aromatic rings. The van der Waals surface area contributed by atoms with Crippen LogP contribution in [0.1, 0.15) is 25.7 Å². The summed E-state index contributed by atoms with van der Waals surface area (Å²) in [6.45, 7) is 0. The number of rotatable bonds is 2. The number of halogens is 1. The first kappa shape index (κ1) is 9.84. The highest BCUT2D eigenvalue weighted by Crippen LogP contribution is 2.25. The van der Waals surface area contributed by atoms with Crippen LogP contribution in [0.25, 0.3) is 0 Å². The number of amides is 1. The Morgan fingerprint density at radius 3 is 2.92 bits per heavy atom. The Morgan fingerprint density at radius 2 is 2.33 bits per heavy atom. The van der Waals surface area contributed by atoms with E-state index in [1.807, 2.05) is 0 Å². The van der Waals surface area contributed by atoms with Crippen molar-refractivity contribution < 1.29 is 9.90 Å². The summed E-state index contributed by atoms with van der Waals surface area (Å²) in [7, 11) is 0. The minimum atomic E-state index is -0.893. The van der Waals surface area contributed by atoms with Crippen molar-refractivity contribution in [1.82, 2.24) is 5.32 Å². The SMILES string of the molecule is O=C(O)NC1CCCC(CBr)C1. The van der Waals surface area contributed by atoms with Gasteiger partial charge >= 0.3 is 6.09 Å². The number of hydrogen-bond acceptors (Lipinski definition) is 1. The summed E-state index contributed by atoms with van der Waals surface area (Å²) in [5.74, 6) is 0.649. The summed E-state index contributed by atoms with van der Waals surface area (Å²) in [6.07, 6.45) is 3.45. The lowest BCUT2D eigenvalue weighted by Crippen LogP contribution is -2.37. The van der Waals surface area contributed by atoms with Crippen LogP contribution in [0.3, 0.4) is 0 Å². The van der Waals surface area contributed by atoms with Crippen LogP contribution in [0.2, 0.25) is 0 Å². The second-order valence-corrected chi connectivity index (χ2v) is 3.98. The summed E-state index contributed by atoms with van der Waals surface area (Å²) in [5.41, 5.74) is 0. The summed E-state index contributed by atoms with van der Waals surface area (Å²) >= 11 is 3.43. The molecule has 0 aromatic carbocycles. The van der Waals surface area contributed by atoms with E-state index in [2.05, 4.69) is 21.2 Å². The molecule has 1 aliphatic carbocycles. The van der Waals surface area contributed by atoms with Gasteiger partial charge in [-0.3, -0.25) is 0 Å². The second-order valence-electron chi connectivity index (χ2n) is 3.33. The van der Waals surface area contributed by atoms with E-state index < -0.39 is 6.09 Å². The van der Waals surface area contributed by atoms with Crippen molar-refractivity contribution in [1.29, 1.82) is 0 Å². The molecule has 1 aliphatic rings. The molecule has 0 radical (unpaired) electrons. The van der Waals surface area contributed by atoms with E-state index in [0.717, 1.165) is 24.6 Å². The first-order chi connectivity index (χ1) is 5.72. The molecule has 0 spiro atoms. The van der Waals surface area contributed by atoms with E-state index in [0.29, 0.717) is 5.92 Å². The smallest absolute Gasteiger partial charge is 0.404 e. The fourth-order valence-corrected chi connectivity index (χ4v) is 2.32. The molecule has 2 atom stereocenters. The maximum atomic E-state index is 10.3. The van der Waals surface area contributed by atoms with Crippen molar-refractivity contribution in [3.63, 3.8) is 0 Å². The van der Waals surface area contributed by atoms with Gasteiger partial charge in [0.2, 0.25) is 0 Å². The maximum absolute atomic E-state index is 10.3. The Balaban J connectivity index is 2.30. The van der Waals surface area contributed by atoms with Crippen molar-refractivity contribution in [2.75, 3.05) is 5.33 Å². The van der Waals surface area contributed by atoms with Crippen molar-refractivity contribution in [2.45, 2.75) is 31.7 Å². The van der Waals surface area contributed by atoms with Crippen LogP contribution in [-0.2, 0) is 0 Å². The molecule has 1 fully saturated rings. The first-order valence-corrected chi connectivity index (χ1v) is 5.40. The number of carbonyl (C=O) groups is 1. The van der Waals surface area contributed by atoms with Crippen LogP contribution in [0.5, 0.6) is 0 Å². The van der Waals surface area contributed by atoms with Crippen LogP contribution >= 0.6 is 15.9 Å². The molecule has 0 aromatic heterocycles. The quantitative estimate of drug-likeness (QED) is 0.722. The van der Waals surface area contributed by atoms with Crippen LogP contribution in [0.4, 0.5) is 4.79 Å². The Morgan fingerprint density at radius 1 is 1.58 bits per heavy atom. The Kier molecular flexibility index (Phi) is 3.85. The van der Waals surface area contributed by atoms with Crippen molar-refractivity contribution in [3.05, 3.63) is 0 Å². The summed E-state index contributed by atoms with van der Waals surface area (Å²) < 4.78 is 0. The van der Waals surface area contributed by atoms with Crippen LogP contribution in [-0.4, -0.2) is 22.6 Å². The maximum Gasteiger partial charge on any atom is 0.404 e. The van der Waals surface area contributed by atoms with Gasteiger partial charge < -0.3 is 10.4 Å². The minimum absolute atomic E-state index is 0.179. The number of hydrogen-bond donors (Lipinski definition) is 2. The molecule has 0 saturated heterocycles. The fourth-order valence-electron chi connectivity index (χ4n) is 1.74. The zero-order valence-corrected chi connectivity index (χ0v) is 8.51. The predicted molar refractivity (Wildman–Crippen MR) is 50.7 cm³/mol. The van der Waals surface area contributed by atoms with Crippen LogP contribution in [0, 0.1) is 5.92 Å². The molecule has 0 aliphatic heterocycles. The van der Waals surface area contributed by atoms with E-state index in [9.17, 15) is 4.79 Å². The van der Waals surface area contributed by atoms with Gasteiger partial charge in [0, 0.05) is 11.4 Å². The number of alkyl halides is 1. The third-order valence-electron chi connectivity index (χ3n) is 2.33. The van der Waals surface area contributed by atoms with E-state index in [-0.39, 0.29) is 6.04 Å². The third kappa shape index (κ3) is 3.01. The van der Waals surface area contributed by atoms with Crippen LogP contribution in [0.15, 0.2) is 0 Å². The summed E-state index contributed by atoms with van der Waals surface area (Å²) in [4.78, 5) is 10.3. The fraction of sp³-hybridized carbons (Fsp3) is 0.875. The third-order valence-corrected chi connectivity index (χ3v) is 3.24. The largest absolute Gasteiger partial charge is 0.465 e. The number of nitrogens with one attached hydrogen (secondary N) is 1. The molecule has 70 valence electrons. The molecule has 1 amide bonds. The normalized spacial score (nSPS) is 29.8. The second kappa shape index (κ2) is 4.70. The van der Waals surface area contributed by atoms with Gasteiger partial charge in [0.25, 0.3) is 0 Å². The average Bonchev–Trinajstić information content (AvgIpc) is 2.03. The van der Waals surface area contributed by atoms with E-state index >= 15 is 0 Å². The minimum Gasteiger partial charge on any atom is -0.465 e. The van der Waals surface area contributed by atoms with Gasteiger partial charge in [-0.15, -0.1) is 0 Å². The molecule has 2 N–H and O–H groups in total. The van der Waals surface area contributed by atoms with Gasteiger partial charge in [0.05, 0.1) is 0 Å². The predicted octanol–water partition coefficient (Wildman–Crippen LogP) is 2.21. The molecule has 1 rings (SSSR count). The lowest BCUT2D eigenvalue weighted by molar-refractivity contribution is 0.182. The lowest BCUT2D eigenvalue weighted by Gasteiger charge is -2.27. The molecule has 2 unspecified atom stereocenters. The molecule has 12 heavy (non-hydrogen) atoms. The van der Waals surface area contributed by atoms with Gasteiger partial charge in [-0.05, 0) is 25.2 Å². The molecule has 0 heterocycles. The van der Waals surface area contributed by atoms with E-state index in [1.165, 1.54) is 6.42 Å². The van der Waals surface area contributed by atoms with Gasteiger partial charge in [-0.2, -0.15) is 0 Å². The molecule has 0 bridgehead atoms. The Hall–Kier alpha value is -0.250. The van der Waals surface area contributed by atoms with E-state index in [1.54, 1.807) is 0 Å². The molecule has 3 nitrogen and oxygen atoms in total. The van der Waals surface area contributed by atoms with Gasteiger partial charge in [0.1, 0.15) is 0 Å². The van der Waals surface area contributed by atoms with E-state index in [4.69, 9.17) is 5.11 Å². The summed E-state index contributed by atoms with van der Waals surface area (Å²) in [5, 5.41) is 12.0. The van der Waals surface area contributed by atoms with Crippen molar-refractivity contribution in [2.24, 2.45) is 5.92 Å². The molecule has 4 heteroatoms. The van der Waals surface area contributed by atoms with Gasteiger partial charge in [-0.25, -0.2) is 4.79 Å². The monoisotopic (exact) mass is 235 g/mol. The highest BCUT2D eigenvalue weighted by molar-refractivity contribution is 9.09. The topological polar surface area (TPSA) is 49.3 Å². The van der Waals surface area contributed by atoms with Crippen molar-refractivity contribution in [3.8, 4) is 0 Å². The lowest BCUT2D eigenvalue weighted by atomic mass is 9.87. The van der Waals surface area contributed by atoms with Gasteiger partial charge in [-0.1, -0.05) is 22.4 Å².